The summed E-state index contributed by atoms with van der Waals surface area (Å²) in [5.74, 6) is -0.203. The molecule has 0 saturated carbocycles. The largest absolute Gasteiger partial charge is 0.394 e. The monoisotopic (exact) mass is 341 g/mol. The van der Waals surface area contributed by atoms with Crippen molar-refractivity contribution in [2.24, 2.45) is 5.92 Å². The molecule has 118 valence electrons. The van der Waals surface area contributed by atoms with Gasteiger partial charge in [0.1, 0.15) is 0 Å². The number of carbonyl (C=O) groups is 1. The summed E-state index contributed by atoms with van der Waals surface area (Å²) in [6, 6.07) is 4.69. The van der Waals surface area contributed by atoms with Crippen molar-refractivity contribution in [2.45, 2.75) is 19.9 Å². The molecule has 0 fully saturated rings. The summed E-state index contributed by atoms with van der Waals surface area (Å²) >= 11 is 12.1. The lowest BCUT2D eigenvalue weighted by Crippen LogP contribution is -2.41. The zero-order chi connectivity index (χ0) is 16.3. The van der Waals surface area contributed by atoms with Gasteiger partial charge in [-0.2, -0.15) is 5.10 Å². The highest BCUT2D eigenvalue weighted by Gasteiger charge is 2.21. The Bertz CT molecular complexity index is 671. The number of carbonyl (C=O) groups excluding carboxylic acids is 1. The molecule has 0 aliphatic rings. The second kappa shape index (κ2) is 7.13. The molecule has 1 aromatic carbocycles. The summed E-state index contributed by atoms with van der Waals surface area (Å²) in [5, 5.41) is 19.8. The van der Waals surface area contributed by atoms with E-state index in [-0.39, 0.29) is 24.5 Å². The number of nitrogens with zero attached hydrogens (tertiary/aromatic N) is 1. The molecule has 1 heterocycles. The van der Waals surface area contributed by atoms with Crippen LogP contribution in [0.15, 0.2) is 24.4 Å². The van der Waals surface area contributed by atoms with E-state index in [1.54, 1.807) is 18.2 Å². The van der Waals surface area contributed by atoms with Gasteiger partial charge in [-0.3, -0.25) is 9.89 Å². The molecule has 0 spiro atoms. The lowest BCUT2D eigenvalue weighted by molar-refractivity contribution is 0.0897. The third-order valence-electron chi connectivity index (χ3n) is 3.40. The molecule has 1 amide bonds. The molecular formula is C15H17Cl2N3O2. The van der Waals surface area contributed by atoms with Gasteiger partial charge in [0.15, 0.2) is 0 Å². The number of aliphatic hydroxyl groups is 1. The Labute approximate surface area is 138 Å². The lowest BCUT2D eigenvalue weighted by atomic mass is 10.0. The first-order valence-electron chi connectivity index (χ1n) is 6.84. The van der Waals surface area contributed by atoms with E-state index in [0.29, 0.717) is 26.9 Å². The summed E-state index contributed by atoms with van der Waals surface area (Å²) < 4.78 is 0. The van der Waals surface area contributed by atoms with E-state index >= 15 is 0 Å². The number of aromatic nitrogens is 2. The topological polar surface area (TPSA) is 78.0 Å². The lowest BCUT2D eigenvalue weighted by Gasteiger charge is -2.19. The van der Waals surface area contributed by atoms with Gasteiger partial charge < -0.3 is 10.4 Å². The predicted molar refractivity (Wildman–Crippen MR) is 87.2 cm³/mol. The van der Waals surface area contributed by atoms with Gasteiger partial charge >= 0.3 is 0 Å². The Morgan fingerprint density at radius 1 is 1.41 bits per heavy atom. The van der Waals surface area contributed by atoms with Crippen molar-refractivity contribution < 1.29 is 9.90 Å². The number of H-pyrrole nitrogens is 1. The SMILES string of the molecule is CC(C)[C@@H](CO)NC(=O)c1cn[nH]c1-c1ccc(Cl)cc1Cl. The molecule has 0 unspecified atom stereocenters. The van der Waals surface area contributed by atoms with Gasteiger partial charge in [-0.25, -0.2) is 0 Å². The van der Waals surface area contributed by atoms with Gasteiger partial charge in [-0.1, -0.05) is 37.0 Å². The van der Waals surface area contributed by atoms with E-state index in [0.717, 1.165) is 0 Å². The molecule has 0 aliphatic carbocycles. The highest BCUT2D eigenvalue weighted by Crippen LogP contribution is 2.31. The van der Waals surface area contributed by atoms with E-state index < -0.39 is 0 Å². The molecule has 7 heteroatoms. The Kier molecular flexibility index (Phi) is 5.45. The first-order valence-corrected chi connectivity index (χ1v) is 7.60. The standard InChI is InChI=1S/C15H17Cl2N3O2/c1-8(2)13(7-21)19-15(22)11-6-18-20-14(11)10-4-3-9(16)5-12(10)17/h3-6,8,13,21H,7H2,1-2H3,(H,18,20)(H,19,22)/t13-/m1/s1. The van der Waals surface area contributed by atoms with Crippen molar-refractivity contribution in [3.8, 4) is 11.3 Å². The van der Waals surface area contributed by atoms with E-state index in [2.05, 4.69) is 15.5 Å². The second-order valence-electron chi connectivity index (χ2n) is 5.29. The summed E-state index contributed by atoms with van der Waals surface area (Å²) in [6.07, 6.45) is 1.43. The predicted octanol–water partition coefficient (Wildman–Crippen LogP) is 3.13. The van der Waals surface area contributed by atoms with Crippen LogP contribution >= 0.6 is 23.2 Å². The fraction of sp³-hybridized carbons (Fsp3) is 0.333. The zero-order valence-corrected chi connectivity index (χ0v) is 13.7. The number of aliphatic hydroxyl groups excluding tert-OH is 1. The van der Waals surface area contributed by atoms with Crippen molar-refractivity contribution in [3.05, 3.63) is 40.0 Å². The Morgan fingerprint density at radius 2 is 2.14 bits per heavy atom. The summed E-state index contributed by atoms with van der Waals surface area (Å²) in [6.45, 7) is 3.72. The number of hydrogen-bond donors (Lipinski definition) is 3. The Morgan fingerprint density at radius 3 is 2.73 bits per heavy atom. The second-order valence-corrected chi connectivity index (χ2v) is 6.13. The minimum absolute atomic E-state index is 0.114. The van der Waals surface area contributed by atoms with E-state index in [4.69, 9.17) is 23.2 Å². The molecule has 0 saturated heterocycles. The Hall–Kier alpha value is -1.56. The van der Waals surface area contributed by atoms with E-state index in [9.17, 15) is 9.90 Å². The molecule has 1 atom stereocenters. The fourth-order valence-corrected chi connectivity index (χ4v) is 2.53. The fourth-order valence-electron chi connectivity index (χ4n) is 2.03. The highest BCUT2D eigenvalue weighted by molar-refractivity contribution is 6.36. The van der Waals surface area contributed by atoms with Crippen molar-refractivity contribution in [3.63, 3.8) is 0 Å². The van der Waals surface area contributed by atoms with E-state index in [1.165, 1.54) is 6.20 Å². The summed E-state index contributed by atoms with van der Waals surface area (Å²) in [7, 11) is 0. The third-order valence-corrected chi connectivity index (χ3v) is 3.95. The van der Waals surface area contributed by atoms with Gasteiger partial charge in [0.2, 0.25) is 0 Å². The number of rotatable bonds is 5. The zero-order valence-electron chi connectivity index (χ0n) is 12.2. The van der Waals surface area contributed by atoms with Crippen LogP contribution in [0.2, 0.25) is 10.0 Å². The van der Waals surface area contributed by atoms with Gasteiger partial charge in [-0.05, 0) is 24.1 Å². The van der Waals surface area contributed by atoms with Crippen molar-refractivity contribution in [1.29, 1.82) is 0 Å². The maximum atomic E-state index is 12.4. The van der Waals surface area contributed by atoms with Crippen LogP contribution in [0.4, 0.5) is 0 Å². The normalized spacial score (nSPS) is 12.5. The molecule has 2 rings (SSSR count). The molecular weight excluding hydrogens is 325 g/mol. The maximum Gasteiger partial charge on any atom is 0.255 e. The van der Waals surface area contributed by atoms with E-state index in [1.807, 2.05) is 13.8 Å². The third kappa shape index (κ3) is 3.61. The molecule has 2 aromatic rings. The average Bonchev–Trinajstić information content (AvgIpc) is 2.93. The van der Waals surface area contributed by atoms with Crippen molar-refractivity contribution in [2.75, 3.05) is 6.61 Å². The molecule has 22 heavy (non-hydrogen) atoms. The van der Waals surface area contributed by atoms with Crippen LogP contribution in [0.1, 0.15) is 24.2 Å². The number of benzene rings is 1. The molecule has 5 nitrogen and oxygen atoms in total. The van der Waals surface area contributed by atoms with Gasteiger partial charge in [0, 0.05) is 10.6 Å². The maximum absolute atomic E-state index is 12.4. The van der Waals surface area contributed by atoms with Crippen molar-refractivity contribution >= 4 is 29.1 Å². The summed E-state index contributed by atoms with van der Waals surface area (Å²) in [5.41, 5.74) is 1.52. The van der Waals surface area contributed by atoms with Crippen LogP contribution in [0.25, 0.3) is 11.3 Å². The minimum Gasteiger partial charge on any atom is -0.394 e. The average molecular weight is 342 g/mol. The van der Waals surface area contributed by atoms with Crippen LogP contribution in [-0.4, -0.2) is 33.9 Å². The minimum atomic E-state index is -0.323. The van der Waals surface area contributed by atoms with Gasteiger partial charge in [0.25, 0.3) is 5.91 Å². The molecule has 1 aromatic heterocycles. The van der Waals surface area contributed by atoms with Gasteiger partial charge in [0.05, 0.1) is 35.1 Å². The van der Waals surface area contributed by atoms with Crippen LogP contribution in [-0.2, 0) is 0 Å². The number of halogens is 2. The molecule has 0 aliphatic heterocycles. The first kappa shape index (κ1) is 16.8. The first-order chi connectivity index (χ1) is 10.4. The number of hydrogen-bond acceptors (Lipinski definition) is 3. The number of nitrogens with one attached hydrogen (secondary N) is 2. The van der Waals surface area contributed by atoms with Crippen LogP contribution in [0.5, 0.6) is 0 Å². The molecule has 0 bridgehead atoms. The summed E-state index contributed by atoms with van der Waals surface area (Å²) in [4.78, 5) is 12.4. The Balaban J connectivity index is 2.31. The van der Waals surface area contributed by atoms with Crippen LogP contribution < -0.4 is 5.32 Å². The van der Waals surface area contributed by atoms with Crippen molar-refractivity contribution in [1.82, 2.24) is 15.5 Å². The quantitative estimate of drug-likeness (QED) is 0.781. The molecule has 0 radical (unpaired) electrons. The number of aromatic amines is 1. The van der Waals surface area contributed by atoms with Gasteiger partial charge in [-0.15, -0.1) is 0 Å². The smallest absolute Gasteiger partial charge is 0.255 e. The number of amides is 1. The molecule has 3 N–H and O–H groups in total. The van der Waals surface area contributed by atoms with Crippen LogP contribution in [0, 0.1) is 5.92 Å². The van der Waals surface area contributed by atoms with Crippen LogP contribution in [0.3, 0.4) is 0 Å². The highest BCUT2D eigenvalue weighted by atomic mass is 35.5.